The maximum atomic E-state index is 13.0. The fourth-order valence-electron chi connectivity index (χ4n) is 2.59. The second-order valence-electron chi connectivity index (χ2n) is 5.49. The van der Waals surface area contributed by atoms with E-state index < -0.39 is 0 Å². The molecule has 0 radical (unpaired) electrons. The number of thiocarbonyl (C=S) groups is 1. The molecule has 1 aliphatic rings. The quantitative estimate of drug-likeness (QED) is 0.794. The minimum atomic E-state index is -0.282. The molecule has 0 unspecified atom stereocenters. The molecule has 1 aromatic carbocycles. The fraction of sp³-hybridized carbons (Fsp3) is 0.400. The maximum absolute atomic E-state index is 13.0. The van der Waals surface area contributed by atoms with Crippen LogP contribution in [0.25, 0.3) is 5.69 Å². The smallest absolute Gasteiger partial charge is 0.140 e. The molecule has 5 nitrogen and oxygen atoms in total. The predicted octanol–water partition coefficient (Wildman–Crippen LogP) is 2.19. The third-order valence-corrected chi connectivity index (χ3v) is 3.98. The van der Waals surface area contributed by atoms with Crippen molar-refractivity contribution >= 4 is 17.2 Å². The third-order valence-electron chi connectivity index (χ3n) is 3.51. The number of ether oxygens (including phenoxy) is 1. The predicted molar refractivity (Wildman–Crippen MR) is 84.6 cm³/mol. The van der Waals surface area contributed by atoms with Crippen LogP contribution in [0.15, 0.2) is 30.5 Å². The van der Waals surface area contributed by atoms with E-state index in [0.717, 1.165) is 18.8 Å². The van der Waals surface area contributed by atoms with E-state index >= 15 is 0 Å². The lowest BCUT2D eigenvalue weighted by Crippen LogP contribution is -2.47. The summed E-state index contributed by atoms with van der Waals surface area (Å²) in [4.78, 5) is 2.75. The Morgan fingerprint density at radius 1 is 1.23 bits per heavy atom. The van der Waals surface area contributed by atoms with Gasteiger partial charge in [-0.25, -0.2) is 9.07 Å². The number of halogens is 1. The Balaban J connectivity index is 1.78. The average molecular weight is 320 g/mol. The molecule has 0 saturated carbocycles. The van der Waals surface area contributed by atoms with E-state index in [2.05, 4.69) is 15.2 Å². The lowest BCUT2D eigenvalue weighted by Gasteiger charge is -2.36. The lowest BCUT2D eigenvalue weighted by atomic mass is 10.2. The minimum absolute atomic E-state index is 0.133. The van der Waals surface area contributed by atoms with Gasteiger partial charge in [0.05, 0.1) is 24.1 Å². The van der Waals surface area contributed by atoms with E-state index in [-0.39, 0.29) is 18.0 Å². The average Bonchev–Trinajstić information content (AvgIpc) is 2.96. The van der Waals surface area contributed by atoms with Crippen LogP contribution >= 0.6 is 12.2 Å². The molecule has 2 atom stereocenters. The molecule has 0 bridgehead atoms. The molecule has 116 valence electrons. The van der Waals surface area contributed by atoms with Crippen molar-refractivity contribution in [2.24, 2.45) is 0 Å². The van der Waals surface area contributed by atoms with Crippen LogP contribution in [0.3, 0.4) is 0 Å². The van der Waals surface area contributed by atoms with Crippen molar-refractivity contribution in [3.05, 3.63) is 42.0 Å². The topological polar surface area (TPSA) is 43.2 Å². The van der Waals surface area contributed by atoms with Crippen LogP contribution in [-0.4, -0.2) is 50.2 Å². The zero-order chi connectivity index (χ0) is 15.7. The number of nitrogens with zero attached hydrogens (tertiary/aromatic N) is 4. The van der Waals surface area contributed by atoms with Crippen molar-refractivity contribution in [3.63, 3.8) is 0 Å². The van der Waals surface area contributed by atoms with Crippen molar-refractivity contribution in [1.82, 2.24) is 19.9 Å². The Morgan fingerprint density at radius 3 is 2.50 bits per heavy atom. The van der Waals surface area contributed by atoms with Crippen LogP contribution in [0, 0.1) is 5.82 Å². The second kappa shape index (κ2) is 6.10. The number of rotatable bonds is 2. The molecule has 0 N–H and O–H groups in total. The van der Waals surface area contributed by atoms with E-state index in [0.29, 0.717) is 10.7 Å². The Hall–Kier alpha value is -1.86. The Labute approximate surface area is 133 Å². The molecule has 0 spiro atoms. The van der Waals surface area contributed by atoms with Gasteiger partial charge in [-0.15, -0.1) is 5.10 Å². The summed E-state index contributed by atoms with van der Waals surface area (Å²) in [7, 11) is 0. The summed E-state index contributed by atoms with van der Waals surface area (Å²) in [5.41, 5.74) is 1.38. The molecule has 1 aliphatic heterocycles. The lowest BCUT2D eigenvalue weighted by molar-refractivity contribution is -0.0472. The van der Waals surface area contributed by atoms with Crippen molar-refractivity contribution in [1.29, 1.82) is 0 Å². The van der Waals surface area contributed by atoms with E-state index in [1.165, 1.54) is 12.1 Å². The Morgan fingerprint density at radius 2 is 1.86 bits per heavy atom. The van der Waals surface area contributed by atoms with Gasteiger partial charge in [0.2, 0.25) is 0 Å². The third kappa shape index (κ3) is 3.15. The first-order valence-electron chi connectivity index (χ1n) is 7.16. The Bertz CT molecular complexity index is 662. The molecule has 0 amide bonds. The van der Waals surface area contributed by atoms with E-state index in [9.17, 15) is 4.39 Å². The zero-order valence-corrected chi connectivity index (χ0v) is 13.3. The molecule has 1 aromatic heterocycles. The maximum Gasteiger partial charge on any atom is 0.140 e. The van der Waals surface area contributed by atoms with Gasteiger partial charge in [0, 0.05) is 13.1 Å². The monoisotopic (exact) mass is 320 g/mol. The van der Waals surface area contributed by atoms with Crippen molar-refractivity contribution in [3.8, 4) is 5.69 Å². The minimum Gasteiger partial charge on any atom is -0.372 e. The number of aromatic nitrogens is 3. The number of benzene rings is 1. The second-order valence-corrected chi connectivity index (χ2v) is 5.88. The molecule has 3 rings (SSSR count). The highest BCUT2D eigenvalue weighted by atomic mass is 32.1. The van der Waals surface area contributed by atoms with Crippen LogP contribution in [0.2, 0.25) is 0 Å². The largest absolute Gasteiger partial charge is 0.372 e. The van der Waals surface area contributed by atoms with Gasteiger partial charge in [-0.3, -0.25) is 0 Å². The van der Waals surface area contributed by atoms with Gasteiger partial charge < -0.3 is 9.64 Å². The molecular weight excluding hydrogens is 303 g/mol. The molecular formula is C15H17FN4OS. The van der Waals surface area contributed by atoms with Gasteiger partial charge in [-0.05, 0) is 38.1 Å². The van der Waals surface area contributed by atoms with Crippen LogP contribution in [-0.2, 0) is 4.74 Å². The number of hydrogen-bond acceptors (Lipinski definition) is 4. The first kappa shape index (κ1) is 15.1. The van der Waals surface area contributed by atoms with Crippen LogP contribution in [0.5, 0.6) is 0 Å². The van der Waals surface area contributed by atoms with Gasteiger partial charge >= 0.3 is 0 Å². The summed E-state index contributed by atoms with van der Waals surface area (Å²) in [6.45, 7) is 5.54. The molecule has 1 fully saturated rings. The molecule has 1 saturated heterocycles. The SMILES string of the molecule is C[C@H]1CN(C(=S)c2cn(-c3ccc(F)cc3)nn2)C[C@H](C)O1. The highest BCUT2D eigenvalue weighted by Gasteiger charge is 2.25. The Kier molecular flexibility index (Phi) is 4.17. The van der Waals surface area contributed by atoms with E-state index in [1.807, 2.05) is 13.8 Å². The summed E-state index contributed by atoms with van der Waals surface area (Å²) < 4.78 is 20.3. The summed E-state index contributed by atoms with van der Waals surface area (Å²) in [5.74, 6) is -0.282. The molecule has 2 heterocycles. The molecule has 7 heteroatoms. The van der Waals surface area contributed by atoms with E-state index in [4.69, 9.17) is 17.0 Å². The fourth-order valence-corrected chi connectivity index (χ4v) is 2.83. The normalized spacial score (nSPS) is 21.9. The van der Waals surface area contributed by atoms with Gasteiger partial charge in [0.1, 0.15) is 16.5 Å². The number of morpholine rings is 1. The number of hydrogen-bond donors (Lipinski definition) is 0. The van der Waals surface area contributed by atoms with E-state index in [1.54, 1.807) is 23.0 Å². The summed E-state index contributed by atoms with van der Waals surface area (Å²) in [6, 6.07) is 6.08. The van der Waals surface area contributed by atoms with Crippen LogP contribution in [0.4, 0.5) is 4.39 Å². The zero-order valence-electron chi connectivity index (χ0n) is 12.4. The molecule has 0 aliphatic carbocycles. The standard InChI is InChI=1S/C15H17FN4OS/c1-10-7-19(8-11(2)21-10)15(22)14-9-20(18-17-14)13-5-3-12(16)4-6-13/h3-6,9-11H,7-8H2,1-2H3/t10-,11-/m0/s1. The summed E-state index contributed by atoms with van der Waals surface area (Å²) in [6.07, 6.45) is 2.03. The highest BCUT2D eigenvalue weighted by molar-refractivity contribution is 7.80. The van der Waals surface area contributed by atoms with Gasteiger partial charge in [-0.1, -0.05) is 17.4 Å². The van der Waals surface area contributed by atoms with Crippen LogP contribution < -0.4 is 0 Å². The summed E-state index contributed by atoms with van der Waals surface area (Å²) >= 11 is 5.52. The summed E-state index contributed by atoms with van der Waals surface area (Å²) in [5, 5.41) is 8.20. The first-order valence-corrected chi connectivity index (χ1v) is 7.57. The van der Waals surface area contributed by atoms with Gasteiger partial charge in [-0.2, -0.15) is 0 Å². The highest BCUT2D eigenvalue weighted by Crippen LogP contribution is 2.15. The van der Waals surface area contributed by atoms with Crippen molar-refractivity contribution in [2.45, 2.75) is 26.1 Å². The van der Waals surface area contributed by atoms with Crippen LogP contribution in [0.1, 0.15) is 19.5 Å². The van der Waals surface area contributed by atoms with Crippen molar-refractivity contribution < 1.29 is 9.13 Å². The van der Waals surface area contributed by atoms with Crippen molar-refractivity contribution in [2.75, 3.05) is 13.1 Å². The van der Waals surface area contributed by atoms with Gasteiger partial charge in [0.25, 0.3) is 0 Å². The molecule has 2 aromatic rings. The van der Waals surface area contributed by atoms with Gasteiger partial charge in [0.15, 0.2) is 0 Å². The molecule has 22 heavy (non-hydrogen) atoms. The first-order chi connectivity index (χ1) is 10.5.